The van der Waals surface area contributed by atoms with Gasteiger partial charge in [0.15, 0.2) is 0 Å². The standard InChI is InChI=1S/C24H34O4S.CH4O/c1-27-18-20-9-5-8-19(17-20)7-3-4-10-21-12-13-23(25)22(21)14-16-29-15-6-11-24(26)28-2;1-2/h4-5,8-10,17,21-22H,3,6-7,11-16,18H2,1-2H3;2H,1H3/b10-4+;/t21-,22+;/m0./s1. The molecule has 1 aromatic carbocycles. The molecular weight excluding hydrogens is 412 g/mol. The molecule has 0 heterocycles. The molecule has 1 fully saturated rings. The molecule has 174 valence electrons. The molecule has 0 aliphatic heterocycles. The quantitative estimate of drug-likeness (QED) is 0.269. The van der Waals surface area contributed by atoms with Gasteiger partial charge in [0.2, 0.25) is 0 Å². The number of ether oxygens (including phenoxy) is 2. The predicted octanol–water partition coefficient (Wildman–Crippen LogP) is 4.60. The summed E-state index contributed by atoms with van der Waals surface area (Å²) in [5, 5.41) is 7.00. The Morgan fingerprint density at radius 3 is 2.74 bits per heavy atom. The van der Waals surface area contributed by atoms with Gasteiger partial charge in [-0.15, -0.1) is 0 Å². The average molecular weight is 451 g/mol. The van der Waals surface area contributed by atoms with Gasteiger partial charge in [-0.1, -0.05) is 36.4 Å². The highest BCUT2D eigenvalue weighted by Crippen LogP contribution is 2.33. The Morgan fingerprint density at radius 2 is 2.00 bits per heavy atom. The van der Waals surface area contributed by atoms with E-state index in [0.29, 0.717) is 31.1 Å². The maximum Gasteiger partial charge on any atom is 0.305 e. The van der Waals surface area contributed by atoms with Gasteiger partial charge in [-0.05, 0) is 60.7 Å². The van der Waals surface area contributed by atoms with E-state index >= 15 is 0 Å². The molecule has 0 bridgehead atoms. The van der Waals surface area contributed by atoms with E-state index < -0.39 is 0 Å². The van der Waals surface area contributed by atoms with E-state index in [9.17, 15) is 9.59 Å². The number of Topliss-reactive ketones (excluding diaryl/α,β-unsaturated/α-hetero) is 1. The number of aliphatic hydroxyl groups is 1. The number of carbonyl (C=O) groups is 2. The molecule has 31 heavy (non-hydrogen) atoms. The average Bonchev–Trinajstić information content (AvgIpc) is 3.14. The van der Waals surface area contributed by atoms with E-state index in [1.807, 2.05) is 11.8 Å². The second kappa shape index (κ2) is 17.0. The first kappa shape index (κ1) is 27.4. The molecule has 0 radical (unpaired) electrons. The number of carbonyl (C=O) groups excluding carboxylic acids is 2. The lowest BCUT2D eigenvalue weighted by Gasteiger charge is -2.14. The lowest BCUT2D eigenvalue weighted by Crippen LogP contribution is -2.14. The number of hydrogen-bond acceptors (Lipinski definition) is 6. The number of allylic oxidation sites excluding steroid dienone is 2. The van der Waals surface area contributed by atoms with Crippen LogP contribution < -0.4 is 0 Å². The second-order valence-corrected chi connectivity index (χ2v) is 8.80. The molecule has 5 nitrogen and oxygen atoms in total. The molecular formula is C25H38O5S. The summed E-state index contributed by atoms with van der Waals surface area (Å²) in [7, 11) is 4.14. The van der Waals surface area contributed by atoms with Gasteiger partial charge in [0.1, 0.15) is 5.78 Å². The van der Waals surface area contributed by atoms with Gasteiger partial charge in [0.25, 0.3) is 0 Å². The van der Waals surface area contributed by atoms with Crippen LogP contribution in [0.15, 0.2) is 36.4 Å². The Labute approximate surface area is 191 Å². The van der Waals surface area contributed by atoms with E-state index in [2.05, 4.69) is 41.2 Å². The van der Waals surface area contributed by atoms with Crippen LogP contribution in [0.4, 0.5) is 0 Å². The summed E-state index contributed by atoms with van der Waals surface area (Å²) >= 11 is 1.83. The zero-order valence-corrected chi connectivity index (χ0v) is 20.0. The van der Waals surface area contributed by atoms with E-state index in [-0.39, 0.29) is 11.9 Å². The maximum absolute atomic E-state index is 12.3. The van der Waals surface area contributed by atoms with Crippen molar-refractivity contribution >= 4 is 23.5 Å². The molecule has 0 unspecified atom stereocenters. The summed E-state index contributed by atoms with van der Waals surface area (Å²) in [5.41, 5.74) is 2.53. The third kappa shape index (κ3) is 11.0. The number of hydrogen-bond donors (Lipinski definition) is 1. The Hall–Kier alpha value is -1.63. The summed E-state index contributed by atoms with van der Waals surface area (Å²) in [6.07, 6.45) is 10.5. The van der Waals surface area contributed by atoms with E-state index in [4.69, 9.17) is 9.84 Å². The van der Waals surface area contributed by atoms with Gasteiger partial charge < -0.3 is 14.6 Å². The van der Waals surface area contributed by atoms with Crippen molar-refractivity contribution in [3.05, 3.63) is 47.5 Å². The molecule has 0 amide bonds. The lowest BCUT2D eigenvalue weighted by molar-refractivity contribution is -0.140. The van der Waals surface area contributed by atoms with E-state index in [1.54, 1.807) is 7.11 Å². The van der Waals surface area contributed by atoms with Crippen molar-refractivity contribution in [2.75, 3.05) is 32.8 Å². The summed E-state index contributed by atoms with van der Waals surface area (Å²) in [4.78, 5) is 23.4. The van der Waals surface area contributed by atoms with Gasteiger partial charge in [0.05, 0.1) is 13.7 Å². The highest BCUT2D eigenvalue weighted by Gasteiger charge is 2.32. The van der Waals surface area contributed by atoms with Crippen molar-refractivity contribution in [3.63, 3.8) is 0 Å². The number of rotatable bonds is 13. The Balaban J connectivity index is 0.00000233. The van der Waals surface area contributed by atoms with Crippen LogP contribution in [0.1, 0.15) is 49.7 Å². The zero-order chi connectivity index (χ0) is 22.9. The monoisotopic (exact) mass is 450 g/mol. The minimum absolute atomic E-state index is 0.146. The number of ketones is 1. The Bertz CT molecular complexity index is 674. The fourth-order valence-corrected chi connectivity index (χ4v) is 4.81. The van der Waals surface area contributed by atoms with Crippen molar-refractivity contribution in [1.82, 2.24) is 0 Å². The molecule has 1 aliphatic carbocycles. The summed E-state index contributed by atoms with van der Waals surface area (Å²) in [6.45, 7) is 0.649. The smallest absolute Gasteiger partial charge is 0.305 e. The molecule has 1 N–H and O–H groups in total. The number of benzene rings is 1. The minimum atomic E-state index is -0.146. The summed E-state index contributed by atoms with van der Waals surface area (Å²) < 4.78 is 9.85. The van der Waals surface area contributed by atoms with Crippen molar-refractivity contribution in [3.8, 4) is 0 Å². The molecule has 1 aliphatic rings. The Morgan fingerprint density at radius 1 is 1.23 bits per heavy atom. The molecule has 6 heteroatoms. The van der Waals surface area contributed by atoms with E-state index in [0.717, 1.165) is 50.7 Å². The molecule has 0 saturated heterocycles. The van der Waals surface area contributed by atoms with Crippen LogP contribution in [0.5, 0.6) is 0 Å². The van der Waals surface area contributed by atoms with Crippen LogP contribution in [0, 0.1) is 11.8 Å². The van der Waals surface area contributed by atoms with Crippen LogP contribution in [0.2, 0.25) is 0 Å². The fourth-order valence-electron chi connectivity index (χ4n) is 3.84. The van der Waals surface area contributed by atoms with Gasteiger partial charge in [0, 0.05) is 33.0 Å². The first-order chi connectivity index (χ1) is 15.1. The van der Waals surface area contributed by atoms with E-state index in [1.165, 1.54) is 18.2 Å². The van der Waals surface area contributed by atoms with Crippen LogP contribution >= 0.6 is 11.8 Å². The third-order valence-electron chi connectivity index (χ3n) is 5.41. The summed E-state index contributed by atoms with van der Waals surface area (Å²) in [5.74, 6) is 2.75. The zero-order valence-electron chi connectivity index (χ0n) is 19.2. The number of aryl methyl sites for hydroxylation is 1. The second-order valence-electron chi connectivity index (χ2n) is 7.58. The van der Waals surface area contributed by atoms with Crippen molar-refractivity contribution in [2.24, 2.45) is 11.8 Å². The van der Waals surface area contributed by atoms with Crippen LogP contribution in [0.3, 0.4) is 0 Å². The molecule has 1 saturated carbocycles. The van der Waals surface area contributed by atoms with Crippen molar-refractivity contribution in [1.29, 1.82) is 0 Å². The highest BCUT2D eigenvalue weighted by molar-refractivity contribution is 7.99. The molecule has 0 spiro atoms. The first-order valence-corrected chi connectivity index (χ1v) is 12.1. The molecule has 1 aromatic rings. The topological polar surface area (TPSA) is 72.8 Å². The predicted molar refractivity (Wildman–Crippen MR) is 127 cm³/mol. The van der Waals surface area contributed by atoms with Crippen LogP contribution in [-0.4, -0.2) is 49.7 Å². The number of methoxy groups -OCH3 is 2. The van der Waals surface area contributed by atoms with Gasteiger partial charge in [-0.25, -0.2) is 0 Å². The largest absolute Gasteiger partial charge is 0.469 e. The van der Waals surface area contributed by atoms with Crippen LogP contribution in [-0.2, 0) is 32.1 Å². The minimum Gasteiger partial charge on any atom is -0.469 e. The van der Waals surface area contributed by atoms with Gasteiger partial charge >= 0.3 is 5.97 Å². The first-order valence-electron chi connectivity index (χ1n) is 11.0. The third-order valence-corrected chi connectivity index (χ3v) is 6.51. The SMILES string of the molecule is CO.COCc1cccc(CC/C=C/[C@H]2CCC(=O)[C@@H]2CCSCCCC(=O)OC)c1. The molecule has 2 rings (SSSR count). The molecule has 2 atom stereocenters. The number of esters is 1. The van der Waals surface area contributed by atoms with Crippen molar-refractivity contribution < 1.29 is 24.2 Å². The summed E-state index contributed by atoms with van der Waals surface area (Å²) in [6, 6.07) is 8.54. The molecule has 0 aromatic heterocycles. The van der Waals surface area contributed by atoms with Crippen LogP contribution in [0.25, 0.3) is 0 Å². The fraction of sp³-hybridized carbons (Fsp3) is 0.600. The number of thioether (sulfide) groups is 1. The van der Waals surface area contributed by atoms with Gasteiger partial charge in [-0.2, -0.15) is 11.8 Å². The Kier molecular flexibility index (Phi) is 15.0. The normalized spacial score (nSPS) is 18.1. The highest BCUT2D eigenvalue weighted by atomic mass is 32.2. The maximum atomic E-state index is 12.3. The van der Waals surface area contributed by atoms with Crippen molar-refractivity contribution in [2.45, 2.75) is 51.6 Å². The van der Waals surface area contributed by atoms with Gasteiger partial charge in [-0.3, -0.25) is 9.59 Å². The lowest BCUT2D eigenvalue weighted by atomic mass is 9.92. The number of aliphatic hydroxyl groups excluding tert-OH is 1.